The van der Waals surface area contributed by atoms with Crippen LogP contribution in [0.3, 0.4) is 0 Å². The van der Waals surface area contributed by atoms with E-state index in [0.29, 0.717) is 15.6 Å². The molecule has 0 saturated carbocycles. The molecular weight excluding hydrogens is 186 g/mol. The number of rotatable bonds is 1. The lowest BCUT2D eigenvalue weighted by Crippen LogP contribution is -1.84. The fourth-order valence-corrected chi connectivity index (χ4v) is 1.35. The van der Waals surface area contributed by atoms with Crippen LogP contribution in [0.1, 0.15) is 11.1 Å². The van der Waals surface area contributed by atoms with Crippen LogP contribution in [-0.4, -0.2) is 0 Å². The fraction of sp³-hybridized carbons (Fsp3) is 0.250. The van der Waals surface area contributed by atoms with Crippen molar-refractivity contribution in [2.24, 2.45) is 0 Å². The normalized spacial score (nSPS) is 10.2. The molecule has 11 heavy (non-hydrogen) atoms. The molecule has 0 heterocycles. The van der Waals surface area contributed by atoms with E-state index in [2.05, 4.69) is 0 Å². The van der Waals surface area contributed by atoms with Crippen LogP contribution in [0.4, 0.5) is 4.39 Å². The SMILES string of the molecule is Cc1cc(Cl)cc(CF)c1Cl. The van der Waals surface area contributed by atoms with Crippen LogP contribution in [0.15, 0.2) is 12.1 Å². The summed E-state index contributed by atoms with van der Waals surface area (Å²) in [4.78, 5) is 0. The van der Waals surface area contributed by atoms with Crippen LogP contribution in [0.2, 0.25) is 10.0 Å². The summed E-state index contributed by atoms with van der Waals surface area (Å²) >= 11 is 11.4. The molecule has 0 fully saturated rings. The fourth-order valence-electron chi connectivity index (χ4n) is 0.892. The molecule has 0 N–H and O–H groups in total. The van der Waals surface area contributed by atoms with E-state index in [9.17, 15) is 4.39 Å². The van der Waals surface area contributed by atoms with Crippen molar-refractivity contribution in [2.75, 3.05) is 0 Å². The van der Waals surface area contributed by atoms with E-state index in [4.69, 9.17) is 23.2 Å². The molecule has 0 spiro atoms. The highest BCUT2D eigenvalue weighted by Crippen LogP contribution is 2.25. The maximum Gasteiger partial charge on any atom is 0.116 e. The Kier molecular flexibility index (Phi) is 2.74. The Morgan fingerprint density at radius 3 is 2.55 bits per heavy atom. The van der Waals surface area contributed by atoms with Gasteiger partial charge in [0.25, 0.3) is 0 Å². The van der Waals surface area contributed by atoms with Gasteiger partial charge in [0.2, 0.25) is 0 Å². The number of hydrogen-bond donors (Lipinski definition) is 0. The summed E-state index contributed by atoms with van der Waals surface area (Å²) in [5.41, 5.74) is 1.27. The van der Waals surface area contributed by atoms with Crippen LogP contribution in [0.5, 0.6) is 0 Å². The second-order valence-electron chi connectivity index (χ2n) is 2.33. The zero-order valence-electron chi connectivity index (χ0n) is 6.00. The molecule has 0 unspecified atom stereocenters. The molecule has 0 aromatic heterocycles. The quantitative estimate of drug-likeness (QED) is 0.636. The molecule has 0 aliphatic rings. The molecule has 1 aromatic carbocycles. The van der Waals surface area contributed by atoms with Crippen molar-refractivity contribution in [3.63, 3.8) is 0 Å². The van der Waals surface area contributed by atoms with Crippen LogP contribution in [0, 0.1) is 6.92 Å². The van der Waals surface area contributed by atoms with Crippen LogP contribution >= 0.6 is 23.2 Å². The zero-order chi connectivity index (χ0) is 8.43. The lowest BCUT2D eigenvalue weighted by atomic mass is 10.1. The van der Waals surface area contributed by atoms with Crippen molar-refractivity contribution in [3.8, 4) is 0 Å². The van der Waals surface area contributed by atoms with Gasteiger partial charge in [-0.2, -0.15) is 0 Å². The van der Waals surface area contributed by atoms with E-state index >= 15 is 0 Å². The summed E-state index contributed by atoms with van der Waals surface area (Å²) in [6, 6.07) is 3.25. The van der Waals surface area contributed by atoms with E-state index in [0.717, 1.165) is 5.56 Å². The Balaban J connectivity index is 3.24. The van der Waals surface area contributed by atoms with E-state index in [1.165, 1.54) is 6.07 Å². The molecule has 0 aliphatic carbocycles. The highest BCUT2D eigenvalue weighted by Gasteiger charge is 2.03. The third-order valence-corrected chi connectivity index (χ3v) is 2.20. The maximum atomic E-state index is 12.2. The summed E-state index contributed by atoms with van der Waals surface area (Å²) in [6.07, 6.45) is 0. The molecule has 3 heteroatoms. The minimum absolute atomic E-state index is 0.455. The Hall–Kier alpha value is -0.270. The zero-order valence-corrected chi connectivity index (χ0v) is 7.51. The molecule has 1 rings (SSSR count). The second kappa shape index (κ2) is 3.42. The summed E-state index contributed by atoms with van der Waals surface area (Å²) in [7, 11) is 0. The van der Waals surface area contributed by atoms with E-state index in [1.807, 2.05) is 0 Å². The Morgan fingerprint density at radius 2 is 2.00 bits per heavy atom. The molecule has 0 radical (unpaired) electrons. The summed E-state index contributed by atoms with van der Waals surface area (Å²) < 4.78 is 12.2. The summed E-state index contributed by atoms with van der Waals surface area (Å²) in [5.74, 6) is 0. The van der Waals surface area contributed by atoms with Gasteiger partial charge in [0, 0.05) is 15.6 Å². The van der Waals surface area contributed by atoms with Gasteiger partial charge in [0.15, 0.2) is 0 Å². The van der Waals surface area contributed by atoms with Crippen molar-refractivity contribution in [3.05, 3.63) is 33.3 Å². The van der Waals surface area contributed by atoms with Gasteiger partial charge >= 0.3 is 0 Å². The number of halogens is 3. The van der Waals surface area contributed by atoms with Crippen molar-refractivity contribution in [1.82, 2.24) is 0 Å². The van der Waals surface area contributed by atoms with Crippen molar-refractivity contribution in [1.29, 1.82) is 0 Å². The smallest absolute Gasteiger partial charge is 0.116 e. The molecule has 0 aliphatic heterocycles. The summed E-state index contributed by atoms with van der Waals surface area (Å²) in [5, 5.41) is 0.997. The largest absolute Gasteiger partial charge is 0.246 e. The maximum absolute atomic E-state index is 12.2. The molecule has 0 saturated heterocycles. The molecule has 1 aromatic rings. The highest BCUT2D eigenvalue weighted by molar-refractivity contribution is 6.34. The minimum Gasteiger partial charge on any atom is -0.246 e. The van der Waals surface area contributed by atoms with Gasteiger partial charge in [-0.1, -0.05) is 23.2 Å². The van der Waals surface area contributed by atoms with Gasteiger partial charge in [0.05, 0.1) is 0 Å². The molecule has 0 amide bonds. The summed E-state index contributed by atoms with van der Waals surface area (Å²) in [6.45, 7) is 1.23. The first-order valence-corrected chi connectivity index (χ1v) is 3.91. The molecular formula is C8H7Cl2F. The van der Waals surface area contributed by atoms with Gasteiger partial charge < -0.3 is 0 Å². The topological polar surface area (TPSA) is 0 Å². The number of aryl methyl sites for hydroxylation is 1. The van der Waals surface area contributed by atoms with E-state index in [-0.39, 0.29) is 0 Å². The van der Waals surface area contributed by atoms with Gasteiger partial charge in [-0.05, 0) is 24.6 Å². The lowest BCUT2D eigenvalue weighted by Gasteiger charge is -2.03. The third-order valence-electron chi connectivity index (χ3n) is 1.44. The third kappa shape index (κ3) is 1.85. The average Bonchev–Trinajstić information content (AvgIpc) is 1.96. The number of alkyl halides is 1. The first-order chi connectivity index (χ1) is 5.15. The van der Waals surface area contributed by atoms with Gasteiger partial charge in [-0.25, -0.2) is 4.39 Å². The minimum atomic E-state index is -0.569. The van der Waals surface area contributed by atoms with Crippen molar-refractivity contribution in [2.45, 2.75) is 13.6 Å². The first-order valence-electron chi connectivity index (χ1n) is 3.15. The second-order valence-corrected chi connectivity index (χ2v) is 3.14. The number of benzene rings is 1. The lowest BCUT2D eigenvalue weighted by molar-refractivity contribution is 0.485. The van der Waals surface area contributed by atoms with Gasteiger partial charge in [-0.3, -0.25) is 0 Å². The Bertz CT molecular complexity index is 271. The Labute approximate surface area is 74.9 Å². The average molecular weight is 193 g/mol. The predicted octanol–water partition coefficient (Wildman–Crippen LogP) is 3.77. The standard InChI is InChI=1S/C8H7Cl2F/c1-5-2-7(9)3-6(4-11)8(5)10/h2-3H,4H2,1H3. The Morgan fingerprint density at radius 1 is 1.36 bits per heavy atom. The van der Waals surface area contributed by atoms with Gasteiger partial charge in [0.1, 0.15) is 6.67 Å². The van der Waals surface area contributed by atoms with E-state index in [1.54, 1.807) is 13.0 Å². The predicted molar refractivity (Wildman–Crippen MR) is 46.0 cm³/mol. The van der Waals surface area contributed by atoms with Crippen LogP contribution in [-0.2, 0) is 6.67 Å². The van der Waals surface area contributed by atoms with Gasteiger partial charge in [-0.15, -0.1) is 0 Å². The van der Waals surface area contributed by atoms with Crippen molar-refractivity contribution < 1.29 is 4.39 Å². The molecule has 0 bridgehead atoms. The molecule has 0 nitrogen and oxygen atoms in total. The number of hydrogen-bond acceptors (Lipinski definition) is 0. The van der Waals surface area contributed by atoms with Crippen LogP contribution in [0.25, 0.3) is 0 Å². The molecule has 60 valence electrons. The molecule has 0 atom stereocenters. The monoisotopic (exact) mass is 192 g/mol. The van der Waals surface area contributed by atoms with Crippen LogP contribution < -0.4 is 0 Å². The van der Waals surface area contributed by atoms with Crippen molar-refractivity contribution >= 4 is 23.2 Å². The first kappa shape index (κ1) is 8.82. The van der Waals surface area contributed by atoms with E-state index < -0.39 is 6.67 Å². The highest BCUT2D eigenvalue weighted by atomic mass is 35.5.